The molecule has 3 N–H and O–H groups in total. The highest BCUT2D eigenvalue weighted by Gasteiger charge is 2.35. The maximum atomic E-state index is 14.4. The summed E-state index contributed by atoms with van der Waals surface area (Å²) in [6.45, 7) is 3.09. The Morgan fingerprint density at radius 3 is 2.11 bits per heavy atom. The van der Waals surface area contributed by atoms with E-state index < -0.39 is 5.41 Å². The fourth-order valence-corrected chi connectivity index (χ4v) is 6.90. The standard InChI is InChI=1S/C39H41FN4O2/c40-34-18-9-8-17-33(34)29-20-24-44(25-21-29)23-11-22-39(31-13-3-1-4-14-31,32-15-5-2-6-16-32)28-42-37(45)27-41-38(46)36-26-30-12-7-10-19-35(30)43-36/h1-10,12-19,26,29,43H,11,20-25,27-28H2,(H,41,46)(H,42,45). The molecule has 1 aromatic heterocycles. The van der Waals surface area contributed by atoms with E-state index in [0.29, 0.717) is 12.2 Å². The van der Waals surface area contributed by atoms with Crippen molar-refractivity contribution in [3.05, 3.63) is 143 Å². The molecule has 0 bridgehead atoms. The number of likely N-dealkylation sites (tertiary alicyclic amines) is 1. The van der Waals surface area contributed by atoms with Crippen LogP contribution in [0.3, 0.4) is 0 Å². The van der Waals surface area contributed by atoms with Crippen LogP contribution >= 0.6 is 0 Å². The zero-order chi connectivity index (χ0) is 31.8. The molecule has 5 aromatic rings. The van der Waals surface area contributed by atoms with Crippen LogP contribution in [0.4, 0.5) is 4.39 Å². The lowest BCUT2D eigenvalue weighted by molar-refractivity contribution is -0.120. The van der Waals surface area contributed by atoms with E-state index in [-0.39, 0.29) is 30.1 Å². The van der Waals surface area contributed by atoms with Gasteiger partial charge in [-0.25, -0.2) is 4.39 Å². The number of carbonyl (C=O) groups excluding carboxylic acids is 2. The van der Waals surface area contributed by atoms with Crippen LogP contribution in [-0.2, 0) is 10.2 Å². The summed E-state index contributed by atoms with van der Waals surface area (Å²) in [6, 6.07) is 37.4. The summed E-state index contributed by atoms with van der Waals surface area (Å²) in [5.41, 5.74) is 3.97. The van der Waals surface area contributed by atoms with Crippen molar-refractivity contribution >= 4 is 22.7 Å². The Bertz CT molecular complexity index is 1670. The van der Waals surface area contributed by atoms with Gasteiger partial charge in [0.15, 0.2) is 0 Å². The fraction of sp³-hybridized carbons (Fsp3) is 0.282. The van der Waals surface area contributed by atoms with Crippen molar-refractivity contribution in [3.63, 3.8) is 0 Å². The smallest absolute Gasteiger partial charge is 0.268 e. The monoisotopic (exact) mass is 616 g/mol. The Hall–Kier alpha value is -4.75. The zero-order valence-corrected chi connectivity index (χ0v) is 26.1. The lowest BCUT2D eigenvalue weighted by atomic mass is 9.71. The van der Waals surface area contributed by atoms with Gasteiger partial charge in [-0.05, 0) is 86.1 Å². The highest BCUT2D eigenvalue weighted by atomic mass is 19.1. The largest absolute Gasteiger partial charge is 0.353 e. The minimum atomic E-state index is -0.454. The summed E-state index contributed by atoms with van der Waals surface area (Å²) in [5.74, 6) is -0.397. The molecule has 6 nitrogen and oxygen atoms in total. The van der Waals surface area contributed by atoms with Crippen molar-refractivity contribution in [3.8, 4) is 0 Å². The van der Waals surface area contributed by atoms with Gasteiger partial charge in [0.05, 0.1) is 6.54 Å². The molecule has 236 valence electrons. The van der Waals surface area contributed by atoms with Crippen molar-refractivity contribution in [2.45, 2.75) is 37.0 Å². The maximum absolute atomic E-state index is 14.4. The number of rotatable bonds is 12. The van der Waals surface area contributed by atoms with Gasteiger partial charge in [-0.2, -0.15) is 0 Å². The molecule has 0 radical (unpaired) electrons. The minimum absolute atomic E-state index is 0.101. The summed E-state index contributed by atoms with van der Waals surface area (Å²) in [4.78, 5) is 31.6. The van der Waals surface area contributed by atoms with Crippen molar-refractivity contribution in [2.75, 3.05) is 32.7 Å². The normalized spacial score (nSPS) is 14.3. The van der Waals surface area contributed by atoms with Gasteiger partial charge in [0.2, 0.25) is 5.91 Å². The molecular formula is C39H41FN4O2. The number of aromatic amines is 1. The summed E-state index contributed by atoms with van der Waals surface area (Å²) in [7, 11) is 0. The van der Waals surface area contributed by atoms with E-state index in [9.17, 15) is 14.0 Å². The van der Waals surface area contributed by atoms with E-state index in [1.54, 1.807) is 18.2 Å². The summed E-state index contributed by atoms with van der Waals surface area (Å²) in [5, 5.41) is 6.87. The first-order valence-corrected chi connectivity index (χ1v) is 16.2. The molecule has 1 fully saturated rings. The van der Waals surface area contributed by atoms with E-state index in [1.807, 2.05) is 72.8 Å². The van der Waals surface area contributed by atoms with Crippen molar-refractivity contribution in [2.24, 2.45) is 0 Å². The van der Waals surface area contributed by atoms with E-state index >= 15 is 0 Å². The molecule has 0 saturated carbocycles. The van der Waals surface area contributed by atoms with Crippen molar-refractivity contribution < 1.29 is 14.0 Å². The molecule has 1 saturated heterocycles. The van der Waals surface area contributed by atoms with Crippen LogP contribution in [-0.4, -0.2) is 54.4 Å². The van der Waals surface area contributed by atoms with E-state index in [1.165, 1.54) is 0 Å². The van der Waals surface area contributed by atoms with Crippen molar-refractivity contribution in [1.82, 2.24) is 20.5 Å². The van der Waals surface area contributed by atoms with Crippen LogP contribution in [0.1, 0.15) is 58.8 Å². The number of H-pyrrole nitrogens is 1. The Labute approximate surface area is 270 Å². The van der Waals surface area contributed by atoms with Crippen LogP contribution in [0, 0.1) is 5.82 Å². The number of hydrogen-bond acceptors (Lipinski definition) is 3. The number of halogens is 1. The molecular weight excluding hydrogens is 575 g/mol. The predicted octanol–water partition coefficient (Wildman–Crippen LogP) is 6.80. The predicted molar refractivity (Wildman–Crippen MR) is 181 cm³/mol. The van der Waals surface area contributed by atoms with Gasteiger partial charge in [-0.1, -0.05) is 97.1 Å². The van der Waals surface area contributed by atoms with Gasteiger partial charge < -0.3 is 20.5 Å². The van der Waals surface area contributed by atoms with Gasteiger partial charge in [-0.15, -0.1) is 0 Å². The summed E-state index contributed by atoms with van der Waals surface area (Å²) < 4.78 is 14.4. The average Bonchev–Trinajstić information content (AvgIpc) is 3.55. The SMILES string of the molecule is O=C(CNC(=O)c1cc2ccccc2[nH]1)NCC(CCCN1CCC(c2ccccc2F)CC1)(c1ccccc1)c1ccccc1. The van der Waals surface area contributed by atoms with Gasteiger partial charge in [-0.3, -0.25) is 9.59 Å². The molecule has 1 aliphatic rings. The molecule has 0 aliphatic carbocycles. The lowest BCUT2D eigenvalue weighted by Gasteiger charge is -2.37. The molecule has 6 rings (SSSR count). The first-order chi connectivity index (χ1) is 22.5. The number of carbonyl (C=O) groups is 2. The first-order valence-electron chi connectivity index (χ1n) is 16.2. The molecule has 1 aliphatic heterocycles. The van der Waals surface area contributed by atoms with Crippen molar-refractivity contribution in [1.29, 1.82) is 0 Å². The number of aromatic nitrogens is 1. The number of piperidine rings is 1. The number of amides is 2. The van der Waals surface area contributed by atoms with E-state index in [4.69, 9.17) is 0 Å². The second-order valence-corrected chi connectivity index (χ2v) is 12.3. The molecule has 4 aromatic carbocycles. The molecule has 2 heterocycles. The minimum Gasteiger partial charge on any atom is -0.353 e. The fourth-order valence-electron chi connectivity index (χ4n) is 6.90. The molecule has 0 atom stereocenters. The molecule has 0 spiro atoms. The zero-order valence-electron chi connectivity index (χ0n) is 26.1. The van der Waals surface area contributed by atoms with E-state index in [2.05, 4.69) is 44.8 Å². The Morgan fingerprint density at radius 1 is 0.804 bits per heavy atom. The highest BCUT2D eigenvalue weighted by molar-refractivity contribution is 5.99. The van der Waals surface area contributed by atoms with Gasteiger partial charge in [0.1, 0.15) is 11.5 Å². The van der Waals surface area contributed by atoms with Crippen LogP contribution in [0.2, 0.25) is 0 Å². The topological polar surface area (TPSA) is 77.2 Å². The quantitative estimate of drug-likeness (QED) is 0.144. The highest BCUT2D eigenvalue weighted by Crippen LogP contribution is 2.37. The lowest BCUT2D eigenvalue weighted by Crippen LogP contribution is -2.45. The first kappa shape index (κ1) is 31.2. The van der Waals surface area contributed by atoms with Gasteiger partial charge >= 0.3 is 0 Å². The summed E-state index contributed by atoms with van der Waals surface area (Å²) >= 11 is 0. The van der Waals surface area contributed by atoms with Crippen LogP contribution < -0.4 is 10.6 Å². The maximum Gasteiger partial charge on any atom is 0.268 e. The number of benzene rings is 4. The summed E-state index contributed by atoms with van der Waals surface area (Å²) in [6.07, 6.45) is 3.66. The number of fused-ring (bicyclic) bond motifs is 1. The second-order valence-electron chi connectivity index (χ2n) is 12.3. The molecule has 46 heavy (non-hydrogen) atoms. The number of nitrogens with one attached hydrogen (secondary N) is 3. The molecule has 2 amide bonds. The number of hydrogen-bond donors (Lipinski definition) is 3. The van der Waals surface area contributed by atoms with Gasteiger partial charge in [0, 0.05) is 22.9 Å². The average molecular weight is 617 g/mol. The third kappa shape index (κ3) is 7.21. The Kier molecular flexibility index (Phi) is 9.89. The Balaban J connectivity index is 1.11. The van der Waals surface area contributed by atoms with Crippen LogP contribution in [0.15, 0.2) is 115 Å². The third-order valence-electron chi connectivity index (χ3n) is 9.43. The second kappa shape index (κ2) is 14.6. The molecule has 7 heteroatoms. The van der Waals surface area contributed by atoms with Crippen LogP contribution in [0.5, 0.6) is 0 Å². The third-order valence-corrected chi connectivity index (χ3v) is 9.43. The molecule has 0 unspecified atom stereocenters. The number of nitrogens with zero attached hydrogens (tertiary/aromatic N) is 1. The van der Waals surface area contributed by atoms with Gasteiger partial charge in [0.25, 0.3) is 5.91 Å². The Morgan fingerprint density at radius 2 is 1.43 bits per heavy atom. The van der Waals surface area contributed by atoms with Crippen LogP contribution in [0.25, 0.3) is 10.9 Å². The van der Waals surface area contributed by atoms with E-state index in [0.717, 1.165) is 72.9 Å². The number of para-hydroxylation sites is 1.